The van der Waals surface area contributed by atoms with Crippen LogP contribution in [0.25, 0.3) is 10.2 Å². The normalized spacial score (nSPS) is 10.8. The summed E-state index contributed by atoms with van der Waals surface area (Å²) in [7, 11) is 0. The molecule has 21 heavy (non-hydrogen) atoms. The highest BCUT2D eigenvalue weighted by molar-refractivity contribution is 9.10. The van der Waals surface area contributed by atoms with Gasteiger partial charge < -0.3 is 0 Å². The summed E-state index contributed by atoms with van der Waals surface area (Å²) in [6.07, 6.45) is 0. The van der Waals surface area contributed by atoms with E-state index in [4.69, 9.17) is 0 Å². The third-order valence-corrected chi connectivity index (χ3v) is 4.34. The molecule has 0 bridgehead atoms. The topological polar surface area (TPSA) is 42.0 Å². The van der Waals surface area contributed by atoms with Crippen LogP contribution in [0.1, 0.15) is 10.4 Å². The van der Waals surface area contributed by atoms with Crippen LogP contribution in [0.5, 0.6) is 0 Å². The second kappa shape index (κ2) is 5.50. The summed E-state index contributed by atoms with van der Waals surface area (Å²) in [5, 5.41) is 2.87. The molecule has 3 aromatic rings. The molecule has 0 saturated carbocycles. The number of para-hydroxylation sites is 1. The Hall–Kier alpha value is -1.86. The smallest absolute Gasteiger partial charge is 0.260 e. The van der Waals surface area contributed by atoms with Gasteiger partial charge in [-0.25, -0.2) is 13.8 Å². The fourth-order valence-corrected chi connectivity index (χ4v) is 3.28. The summed E-state index contributed by atoms with van der Waals surface area (Å²) >= 11 is 4.64. The van der Waals surface area contributed by atoms with Crippen LogP contribution in [-0.2, 0) is 0 Å². The third-order valence-electron chi connectivity index (χ3n) is 2.77. The number of hydrogen-bond acceptors (Lipinski definition) is 3. The Morgan fingerprint density at radius 2 is 2.05 bits per heavy atom. The maximum atomic E-state index is 13.5. The van der Waals surface area contributed by atoms with Crippen LogP contribution in [0.15, 0.2) is 40.9 Å². The molecule has 3 rings (SSSR count). The van der Waals surface area contributed by atoms with E-state index >= 15 is 0 Å². The molecule has 106 valence electrons. The van der Waals surface area contributed by atoms with E-state index in [0.717, 1.165) is 26.8 Å². The van der Waals surface area contributed by atoms with Gasteiger partial charge in [0.2, 0.25) is 0 Å². The summed E-state index contributed by atoms with van der Waals surface area (Å²) < 4.78 is 28.1. The maximum absolute atomic E-state index is 13.5. The zero-order valence-corrected chi connectivity index (χ0v) is 12.8. The van der Waals surface area contributed by atoms with Crippen molar-refractivity contribution < 1.29 is 13.6 Å². The Kier molecular flexibility index (Phi) is 3.69. The average molecular weight is 369 g/mol. The summed E-state index contributed by atoms with van der Waals surface area (Å²) in [5.41, 5.74) is 0.493. The molecule has 0 aliphatic rings. The summed E-state index contributed by atoms with van der Waals surface area (Å²) in [4.78, 5) is 16.3. The molecule has 0 radical (unpaired) electrons. The van der Waals surface area contributed by atoms with Gasteiger partial charge in [0, 0.05) is 10.5 Å². The van der Waals surface area contributed by atoms with Gasteiger partial charge in [-0.3, -0.25) is 10.1 Å². The minimum Gasteiger partial charge on any atom is -0.298 e. The van der Waals surface area contributed by atoms with E-state index in [0.29, 0.717) is 11.2 Å². The van der Waals surface area contributed by atoms with Crippen molar-refractivity contribution in [3.63, 3.8) is 0 Å². The first-order valence-electron chi connectivity index (χ1n) is 5.86. The van der Waals surface area contributed by atoms with Gasteiger partial charge in [-0.05, 0) is 40.2 Å². The molecule has 0 aliphatic heterocycles. The number of halogens is 3. The number of benzene rings is 2. The molecule has 2 aromatic carbocycles. The predicted molar refractivity (Wildman–Crippen MR) is 81.6 cm³/mol. The van der Waals surface area contributed by atoms with Gasteiger partial charge in [-0.15, -0.1) is 0 Å². The van der Waals surface area contributed by atoms with Crippen molar-refractivity contribution in [2.24, 2.45) is 0 Å². The molecule has 0 saturated heterocycles. The molecule has 1 N–H and O–H groups in total. The molecule has 1 amide bonds. The first kappa shape index (κ1) is 14.1. The average Bonchev–Trinajstić information content (AvgIpc) is 2.82. The number of anilines is 1. The van der Waals surface area contributed by atoms with Crippen LogP contribution in [0.4, 0.5) is 13.9 Å². The molecular weight excluding hydrogens is 362 g/mol. The van der Waals surface area contributed by atoms with Gasteiger partial charge in [-0.1, -0.05) is 17.4 Å². The van der Waals surface area contributed by atoms with Crippen molar-refractivity contribution in [2.45, 2.75) is 0 Å². The Balaban J connectivity index is 1.91. The molecule has 0 aliphatic carbocycles. The molecule has 0 spiro atoms. The highest BCUT2D eigenvalue weighted by atomic mass is 79.9. The van der Waals surface area contributed by atoms with Gasteiger partial charge in [-0.2, -0.15) is 0 Å². The Morgan fingerprint density at radius 1 is 1.24 bits per heavy atom. The van der Waals surface area contributed by atoms with Crippen LogP contribution < -0.4 is 5.32 Å². The number of nitrogens with zero attached hydrogens (tertiary/aromatic N) is 1. The Bertz CT molecular complexity index is 850. The lowest BCUT2D eigenvalue weighted by Crippen LogP contribution is -2.13. The highest BCUT2D eigenvalue weighted by Gasteiger charge is 2.15. The van der Waals surface area contributed by atoms with E-state index in [1.165, 1.54) is 11.3 Å². The molecule has 0 unspecified atom stereocenters. The molecule has 1 heterocycles. The van der Waals surface area contributed by atoms with E-state index in [1.54, 1.807) is 0 Å². The first-order chi connectivity index (χ1) is 10.0. The first-order valence-corrected chi connectivity index (χ1v) is 7.47. The largest absolute Gasteiger partial charge is 0.298 e. The lowest BCUT2D eigenvalue weighted by molar-refractivity contribution is 0.102. The molecule has 7 heteroatoms. The van der Waals surface area contributed by atoms with E-state index in [9.17, 15) is 13.6 Å². The highest BCUT2D eigenvalue weighted by Crippen LogP contribution is 2.31. The van der Waals surface area contributed by atoms with Crippen molar-refractivity contribution in [1.29, 1.82) is 0 Å². The van der Waals surface area contributed by atoms with Crippen molar-refractivity contribution in [3.05, 3.63) is 58.1 Å². The van der Waals surface area contributed by atoms with Crippen LogP contribution >= 0.6 is 27.3 Å². The lowest BCUT2D eigenvalue weighted by Gasteiger charge is -2.02. The second-order valence-electron chi connectivity index (χ2n) is 4.18. The van der Waals surface area contributed by atoms with Crippen molar-refractivity contribution >= 4 is 48.5 Å². The minimum atomic E-state index is -0.908. The minimum absolute atomic E-state index is 0.227. The number of carbonyl (C=O) groups is 1. The predicted octanol–water partition coefficient (Wildman–Crippen LogP) is 4.59. The number of rotatable bonds is 2. The third kappa shape index (κ3) is 2.79. The molecule has 3 nitrogen and oxygen atoms in total. The van der Waals surface area contributed by atoms with Gasteiger partial charge in [0.15, 0.2) is 5.13 Å². The second-order valence-corrected chi connectivity index (χ2v) is 6.07. The number of carbonyl (C=O) groups excluding carboxylic acids is 1. The quantitative estimate of drug-likeness (QED) is 0.718. The van der Waals surface area contributed by atoms with Crippen LogP contribution in [0, 0.1) is 11.6 Å². The molecule has 0 atom stereocenters. The van der Waals surface area contributed by atoms with E-state index in [2.05, 4.69) is 26.2 Å². The van der Waals surface area contributed by atoms with Gasteiger partial charge in [0.25, 0.3) is 5.91 Å². The SMILES string of the molecule is O=C(Nc1nc2c(Br)cccc2s1)c1ccc(F)cc1F. The monoisotopic (exact) mass is 368 g/mol. The summed E-state index contributed by atoms with van der Waals surface area (Å²) in [5.74, 6) is -2.30. The van der Waals surface area contributed by atoms with Gasteiger partial charge in [0.1, 0.15) is 11.6 Å². The summed E-state index contributed by atoms with van der Waals surface area (Å²) in [6, 6.07) is 8.37. The van der Waals surface area contributed by atoms with E-state index in [-0.39, 0.29) is 5.56 Å². The fraction of sp³-hybridized carbons (Fsp3) is 0. The number of thiazole rings is 1. The van der Waals surface area contributed by atoms with Gasteiger partial charge >= 0.3 is 0 Å². The van der Waals surface area contributed by atoms with E-state index < -0.39 is 17.5 Å². The van der Waals surface area contributed by atoms with Crippen LogP contribution in [0.2, 0.25) is 0 Å². The molecular formula is C14H7BrF2N2OS. The van der Waals surface area contributed by atoms with Crippen molar-refractivity contribution in [1.82, 2.24) is 4.98 Å². The standard InChI is InChI=1S/C14H7BrF2N2OS/c15-9-2-1-3-11-12(9)18-14(21-11)19-13(20)8-5-4-7(16)6-10(8)17/h1-6H,(H,18,19,20). The fourth-order valence-electron chi connectivity index (χ4n) is 1.81. The number of hydrogen-bond donors (Lipinski definition) is 1. The number of amides is 1. The maximum Gasteiger partial charge on any atom is 0.260 e. The molecule has 1 aromatic heterocycles. The van der Waals surface area contributed by atoms with Crippen LogP contribution in [0.3, 0.4) is 0 Å². The lowest BCUT2D eigenvalue weighted by atomic mass is 10.2. The summed E-state index contributed by atoms with van der Waals surface area (Å²) in [6.45, 7) is 0. The number of fused-ring (bicyclic) bond motifs is 1. The Labute approximate surface area is 130 Å². The van der Waals surface area contributed by atoms with Crippen LogP contribution in [-0.4, -0.2) is 10.9 Å². The number of nitrogens with one attached hydrogen (secondary N) is 1. The van der Waals surface area contributed by atoms with E-state index in [1.807, 2.05) is 18.2 Å². The zero-order valence-electron chi connectivity index (χ0n) is 10.4. The molecule has 0 fully saturated rings. The Morgan fingerprint density at radius 3 is 2.76 bits per heavy atom. The van der Waals surface area contributed by atoms with Crippen molar-refractivity contribution in [3.8, 4) is 0 Å². The number of aromatic nitrogens is 1. The van der Waals surface area contributed by atoms with Gasteiger partial charge in [0.05, 0.1) is 15.8 Å². The van der Waals surface area contributed by atoms with Crippen molar-refractivity contribution in [2.75, 3.05) is 5.32 Å². The zero-order chi connectivity index (χ0) is 15.0.